The van der Waals surface area contributed by atoms with E-state index in [-0.39, 0.29) is 27.9 Å². The molecule has 2 aliphatic heterocycles. The minimum Gasteiger partial charge on any atom is -0.497 e. The molecule has 0 saturated carbocycles. The first-order valence-electron chi connectivity index (χ1n) is 13.5. The number of hydrogen-bond acceptors (Lipinski definition) is 14. The van der Waals surface area contributed by atoms with Crippen LogP contribution in [0.1, 0.15) is 6.92 Å². The number of ether oxygens (including phenoxy) is 6. The van der Waals surface area contributed by atoms with E-state index in [4.69, 9.17) is 32.8 Å². The fourth-order valence-electron chi connectivity index (χ4n) is 5.03. The first-order chi connectivity index (χ1) is 20.5. The van der Waals surface area contributed by atoms with E-state index >= 15 is 0 Å². The SMILES string of the molecule is COc1ccc(-c2coc3c(OC)c(OC4OC(COC5OC(C)C(O)C(O)C5O)C(O)C(O)C4O)ccc3c2=O)cc1. The van der Waals surface area contributed by atoms with Gasteiger partial charge in [0.1, 0.15) is 54.7 Å². The van der Waals surface area contributed by atoms with Gasteiger partial charge >= 0.3 is 0 Å². The van der Waals surface area contributed by atoms with E-state index in [1.54, 1.807) is 24.3 Å². The molecule has 1 aromatic heterocycles. The van der Waals surface area contributed by atoms with E-state index < -0.39 is 68.0 Å². The highest BCUT2D eigenvalue weighted by Gasteiger charge is 2.47. The van der Waals surface area contributed by atoms with Gasteiger partial charge in [-0.25, -0.2) is 0 Å². The topological polar surface area (TPSA) is 207 Å². The number of aliphatic hydroxyl groups is 6. The Morgan fingerprint density at radius 3 is 2.12 bits per heavy atom. The Hall–Kier alpha value is -3.31. The first-order valence-corrected chi connectivity index (χ1v) is 13.5. The summed E-state index contributed by atoms with van der Waals surface area (Å²) in [7, 11) is 2.87. The summed E-state index contributed by atoms with van der Waals surface area (Å²) in [5.41, 5.74) is 0.647. The quantitative estimate of drug-likeness (QED) is 0.191. The molecular formula is C29H34O14. The molecule has 2 aliphatic rings. The summed E-state index contributed by atoms with van der Waals surface area (Å²) < 4.78 is 38.8. The molecule has 10 atom stereocenters. The van der Waals surface area contributed by atoms with Gasteiger partial charge in [-0.3, -0.25) is 4.79 Å². The molecule has 0 bridgehead atoms. The molecular weight excluding hydrogens is 572 g/mol. The lowest BCUT2D eigenvalue weighted by molar-refractivity contribution is -0.318. The molecule has 10 unspecified atom stereocenters. The molecule has 6 N–H and O–H groups in total. The molecule has 14 nitrogen and oxygen atoms in total. The molecule has 5 rings (SSSR count). The van der Waals surface area contributed by atoms with Crippen LogP contribution in [0.4, 0.5) is 0 Å². The highest BCUT2D eigenvalue weighted by molar-refractivity contribution is 5.88. The summed E-state index contributed by atoms with van der Waals surface area (Å²) in [6.45, 7) is 1.02. The van der Waals surface area contributed by atoms with Crippen LogP contribution in [0.2, 0.25) is 0 Å². The largest absolute Gasteiger partial charge is 0.497 e. The normalized spacial score (nSPS) is 32.9. The Balaban J connectivity index is 1.36. The second kappa shape index (κ2) is 12.7. The number of methoxy groups -OCH3 is 2. The monoisotopic (exact) mass is 606 g/mol. The van der Waals surface area contributed by atoms with Crippen LogP contribution in [0.25, 0.3) is 22.1 Å². The van der Waals surface area contributed by atoms with Gasteiger partial charge in [0.15, 0.2) is 17.6 Å². The van der Waals surface area contributed by atoms with Crippen LogP contribution in [0.5, 0.6) is 17.2 Å². The maximum Gasteiger partial charge on any atom is 0.229 e. The summed E-state index contributed by atoms with van der Waals surface area (Å²) in [6, 6.07) is 9.74. The van der Waals surface area contributed by atoms with Crippen molar-refractivity contribution in [3.63, 3.8) is 0 Å². The summed E-state index contributed by atoms with van der Waals surface area (Å²) in [6.07, 6.45) is -13.3. The molecule has 14 heteroatoms. The van der Waals surface area contributed by atoms with E-state index in [2.05, 4.69) is 0 Å². The number of aliphatic hydroxyl groups excluding tert-OH is 6. The van der Waals surface area contributed by atoms with E-state index in [0.717, 1.165) is 0 Å². The minimum absolute atomic E-state index is 0.000346. The molecule has 0 aliphatic carbocycles. The lowest BCUT2D eigenvalue weighted by Gasteiger charge is -2.42. The Kier molecular flexibility index (Phi) is 9.22. The fraction of sp³-hybridized carbons (Fsp3) is 0.483. The fourth-order valence-corrected chi connectivity index (χ4v) is 5.03. The molecule has 2 fully saturated rings. The number of fused-ring (bicyclic) bond motifs is 1. The van der Waals surface area contributed by atoms with E-state index in [0.29, 0.717) is 16.9 Å². The smallest absolute Gasteiger partial charge is 0.229 e. The maximum absolute atomic E-state index is 13.3. The van der Waals surface area contributed by atoms with Crippen molar-refractivity contribution in [2.24, 2.45) is 0 Å². The average molecular weight is 607 g/mol. The van der Waals surface area contributed by atoms with Gasteiger partial charge in [-0.2, -0.15) is 0 Å². The van der Waals surface area contributed by atoms with E-state index in [1.807, 2.05) is 0 Å². The number of rotatable bonds is 8. The van der Waals surface area contributed by atoms with E-state index in [9.17, 15) is 35.4 Å². The molecule has 2 aromatic carbocycles. The second-order valence-electron chi connectivity index (χ2n) is 10.3. The van der Waals surface area contributed by atoms with Crippen LogP contribution >= 0.6 is 0 Å². The molecule has 0 amide bonds. The Labute approximate surface area is 245 Å². The van der Waals surface area contributed by atoms with Gasteiger partial charge < -0.3 is 63.5 Å². The molecule has 0 radical (unpaired) electrons. The zero-order valence-electron chi connectivity index (χ0n) is 23.5. The third kappa shape index (κ3) is 5.93. The van der Waals surface area contributed by atoms with Gasteiger partial charge in [0, 0.05) is 0 Å². The standard InChI is InChI=1S/C29H34O14/c1-12-19(30)22(33)24(35)28(41-12)40-11-18-21(32)23(34)25(36)29(43-18)42-17-9-8-15-20(31)16(10-39-26(15)27(17)38-3)13-4-6-14(37-2)7-5-13/h4-10,12,18-19,21-25,28-30,32-36H,11H2,1-3H3. The van der Waals surface area contributed by atoms with Crippen molar-refractivity contribution in [2.45, 2.75) is 68.3 Å². The maximum atomic E-state index is 13.3. The van der Waals surface area contributed by atoms with Crippen molar-refractivity contribution < 1.29 is 63.5 Å². The highest BCUT2D eigenvalue weighted by atomic mass is 16.7. The van der Waals surface area contributed by atoms with Crippen LogP contribution in [0.3, 0.4) is 0 Å². The summed E-state index contributed by atoms with van der Waals surface area (Å²) in [5.74, 6) is 0.643. The third-order valence-corrected chi connectivity index (χ3v) is 7.61. The lowest BCUT2D eigenvalue weighted by atomic mass is 9.98. The van der Waals surface area contributed by atoms with Gasteiger partial charge in [0.2, 0.25) is 17.5 Å². The first kappa shape index (κ1) is 31.1. The molecule has 3 heterocycles. The van der Waals surface area contributed by atoms with Crippen LogP contribution in [-0.2, 0) is 14.2 Å². The van der Waals surface area contributed by atoms with Gasteiger partial charge in [0.05, 0.1) is 37.9 Å². The molecule has 3 aromatic rings. The molecule has 0 spiro atoms. The van der Waals surface area contributed by atoms with Gasteiger partial charge in [0.25, 0.3) is 0 Å². The van der Waals surface area contributed by atoms with Crippen LogP contribution < -0.4 is 19.6 Å². The molecule has 43 heavy (non-hydrogen) atoms. The predicted molar refractivity (Wildman–Crippen MR) is 147 cm³/mol. The number of benzene rings is 2. The third-order valence-electron chi connectivity index (χ3n) is 7.61. The Morgan fingerprint density at radius 2 is 1.44 bits per heavy atom. The van der Waals surface area contributed by atoms with Crippen LogP contribution in [0, 0.1) is 0 Å². The van der Waals surface area contributed by atoms with Gasteiger partial charge in [-0.1, -0.05) is 12.1 Å². The second-order valence-corrected chi connectivity index (χ2v) is 10.3. The summed E-state index contributed by atoms with van der Waals surface area (Å²) in [4.78, 5) is 13.3. The lowest BCUT2D eigenvalue weighted by Crippen LogP contribution is -2.61. The van der Waals surface area contributed by atoms with Crippen LogP contribution in [0.15, 0.2) is 51.9 Å². The Bertz CT molecular complexity index is 1460. The molecule has 2 saturated heterocycles. The van der Waals surface area contributed by atoms with Gasteiger partial charge in [-0.15, -0.1) is 0 Å². The average Bonchev–Trinajstić information content (AvgIpc) is 3.02. The Morgan fingerprint density at radius 1 is 0.767 bits per heavy atom. The van der Waals surface area contributed by atoms with Crippen molar-refractivity contribution in [3.05, 3.63) is 52.9 Å². The van der Waals surface area contributed by atoms with Gasteiger partial charge in [-0.05, 0) is 36.8 Å². The number of hydrogen-bond donors (Lipinski definition) is 6. The summed E-state index contributed by atoms with van der Waals surface area (Å²) >= 11 is 0. The van der Waals surface area contributed by atoms with Crippen molar-refractivity contribution in [3.8, 4) is 28.4 Å². The molecule has 234 valence electrons. The van der Waals surface area contributed by atoms with Crippen molar-refractivity contribution >= 4 is 11.0 Å². The van der Waals surface area contributed by atoms with Crippen molar-refractivity contribution in [1.29, 1.82) is 0 Å². The minimum atomic E-state index is -1.73. The van der Waals surface area contributed by atoms with E-state index in [1.165, 1.54) is 39.5 Å². The predicted octanol–water partition coefficient (Wildman–Crippen LogP) is -0.492. The highest BCUT2D eigenvalue weighted by Crippen LogP contribution is 2.37. The zero-order valence-corrected chi connectivity index (χ0v) is 23.5. The zero-order chi connectivity index (χ0) is 31.0. The van der Waals surface area contributed by atoms with Crippen molar-refractivity contribution in [1.82, 2.24) is 0 Å². The van der Waals surface area contributed by atoms with Crippen LogP contribution in [-0.4, -0.2) is 113 Å². The van der Waals surface area contributed by atoms with Crippen molar-refractivity contribution in [2.75, 3.05) is 20.8 Å². The summed E-state index contributed by atoms with van der Waals surface area (Å²) in [5, 5.41) is 61.9.